The van der Waals surface area contributed by atoms with Gasteiger partial charge in [-0.25, -0.2) is 4.68 Å². The summed E-state index contributed by atoms with van der Waals surface area (Å²) in [6.45, 7) is 6.55. The van der Waals surface area contributed by atoms with Gasteiger partial charge < -0.3 is 4.90 Å². The first-order valence-electron chi connectivity index (χ1n) is 7.42. The molecule has 0 saturated heterocycles. The normalized spacial score (nSPS) is 12.0. The first-order valence-corrected chi connectivity index (χ1v) is 7.42. The molecule has 0 aliphatic heterocycles. The molecule has 0 N–H and O–H groups in total. The van der Waals surface area contributed by atoms with Crippen molar-refractivity contribution in [3.8, 4) is 0 Å². The number of aryl methyl sites for hydroxylation is 1. The highest BCUT2D eigenvalue weighted by molar-refractivity contribution is 5.79. The van der Waals surface area contributed by atoms with E-state index in [2.05, 4.69) is 5.10 Å². The van der Waals surface area contributed by atoms with E-state index in [4.69, 9.17) is 0 Å². The van der Waals surface area contributed by atoms with Gasteiger partial charge in [0.25, 0.3) is 5.56 Å². The van der Waals surface area contributed by atoms with Crippen LogP contribution in [0.5, 0.6) is 0 Å². The van der Waals surface area contributed by atoms with Gasteiger partial charge in [0, 0.05) is 19.2 Å². The molecule has 1 amide bonds. The van der Waals surface area contributed by atoms with Crippen molar-refractivity contribution in [1.29, 1.82) is 0 Å². The molecule has 1 heterocycles. The monoisotopic (exact) mass is 299 g/mol. The van der Waals surface area contributed by atoms with E-state index in [0.717, 1.165) is 5.56 Å². The van der Waals surface area contributed by atoms with Crippen LogP contribution in [0.15, 0.2) is 47.3 Å². The zero-order valence-electron chi connectivity index (χ0n) is 13.2. The minimum absolute atomic E-state index is 0.105. The van der Waals surface area contributed by atoms with Crippen molar-refractivity contribution < 1.29 is 4.79 Å². The van der Waals surface area contributed by atoms with Crippen molar-refractivity contribution >= 4 is 5.91 Å². The Balaban J connectivity index is 2.20. The van der Waals surface area contributed by atoms with Crippen LogP contribution in [0, 0.1) is 6.92 Å². The second kappa shape index (κ2) is 7.02. The van der Waals surface area contributed by atoms with E-state index in [0.29, 0.717) is 18.8 Å². The highest BCUT2D eigenvalue weighted by Crippen LogP contribution is 2.11. The molecule has 2 aromatic rings. The lowest BCUT2D eigenvalue weighted by atomic mass is 10.2. The molecule has 1 unspecified atom stereocenters. The third-order valence-corrected chi connectivity index (χ3v) is 3.59. The van der Waals surface area contributed by atoms with Gasteiger partial charge in [0.2, 0.25) is 5.91 Å². The summed E-state index contributed by atoms with van der Waals surface area (Å²) in [4.78, 5) is 26.3. The molecule has 0 bridgehead atoms. The number of rotatable bonds is 5. The number of aromatic nitrogens is 2. The van der Waals surface area contributed by atoms with Gasteiger partial charge in [-0.15, -0.1) is 0 Å². The molecule has 0 spiro atoms. The number of nitrogens with zero attached hydrogens (tertiary/aromatic N) is 3. The molecule has 0 radical (unpaired) electrons. The summed E-state index contributed by atoms with van der Waals surface area (Å²) in [6.07, 6.45) is 0. The van der Waals surface area contributed by atoms with Gasteiger partial charge in [-0.05, 0) is 32.4 Å². The number of carbonyl (C=O) groups is 1. The summed E-state index contributed by atoms with van der Waals surface area (Å²) in [5.74, 6) is -0.105. The quantitative estimate of drug-likeness (QED) is 0.850. The van der Waals surface area contributed by atoms with E-state index in [1.165, 1.54) is 10.7 Å². The minimum atomic E-state index is -0.615. The van der Waals surface area contributed by atoms with Crippen LogP contribution in [-0.2, 0) is 11.3 Å². The molecule has 0 fully saturated rings. The second-order valence-electron chi connectivity index (χ2n) is 5.27. The fraction of sp³-hybridized carbons (Fsp3) is 0.353. The standard InChI is InChI=1S/C17H21N3O2/c1-4-19(12-15-8-6-5-7-9-15)17(22)14(3)20-16(21)11-10-13(2)18-20/h5-11,14H,4,12H2,1-3H3. The number of benzene rings is 1. The predicted octanol–water partition coefficient (Wildman–Crippen LogP) is 2.16. The summed E-state index contributed by atoms with van der Waals surface area (Å²) in [5.41, 5.74) is 1.52. The first kappa shape index (κ1) is 15.9. The average Bonchev–Trinajstić information content (AvgIpc) is 2.54. The Labute approximate surface area is 130 Å². The topological polar surface area (TPSA) is 55.2 Å². The largest absolute Gasteiger partial charge is 0.337 e. The molecular weight excluding hydrogens is 278 g/mol. The number of carbonyl (C=O) groups excluding carboxylic acids is 1. The van der Waals surface area contributed by atoms with E-state index in [9.17, 15) is 9.59 Å². The minimum Gasteiger partial charge on any atom is -0.337 e. The Morgan fingerprint density at radius 3 is 2.55 bits per heavy atom. The number of amides is 1. The van der Waals surface area contributed by atoms with Crippen LogP contribution >= 0.6 is 0 Å². The molecule has 1 aromatic carbocycles. The lowest BCUT2D eigenvalue weighted by molar-refractivity contribution is -0.135. The molecule has 1 aromatic heterocycles. The number of hydrogen-bond donors (Lipinski definition) is 0. The molecular formula is C17H21N3O2. The Morgan fingerprint density at radius 1 is 1.23 bits per heavy atom. The van der Waals surface area contributed by atoms with Crippen molar-refractivity contribution in [2.24, 2.45) is 0 Å². The summed E-state index contributed by atoms with van der Waals surface area (Å²) < 4.78 is 1.26. The molecule has 2 rings (SSSR count). The summed E-state index contributed by atoms with van der Waals surface area (Å²) in [7, 11) is 0. The molecule has 5 nitrogen and oxygen atoms in total. The van der Waals surface area contributed by atoms with Crippen LogP contribution in [0.3, 0.4) is 0 Å². The van der Waals surface area contributed by atoms with Gasteiger partial charge in [0.15, 0.2) is 0 Å². The maximum Gasteiger partial charge on any atom is 0.267 e. The summed E-state index contributed by atoms with van der Waals surface area (Å²) in [5, 5.41) is 4.17. The van der Waals surface area contributed by atoms with E-state index in [-0.39, 0.29) is 11.5 Å². The highest BCUT2D eigenvalue weighted by atomic mass is 16.2. The van der Waals surface area contributed by atoms with Gasteiger partial charge >= 0.3 is 0 Å². The molecule has 0 saturated carbocycles. The fourth-order valence-electron chi connectivity index (χ4n) is 2.32. The van der Waals surface area contributed by atoms with Crippen LogP contribution in [0.1, 0.15) is 31.1 Å². The number of likely N-dealkylation sites (N-methyl/N-ethyl adjacent to an activating group) is 1. The van der Waals surface area contributed by atoms with Crippen molar-refractivity contribution in [3.05, 3.63) is 64.1 Å². The zero-order chi connectivity index (χ0) is 16.1. The molecule has 5 heteroatoms. The maximum absolute atomic E-state index is 12.7. The highest BCUT2D eigenvalue weighted by Gasteiger charge is 2.22. The first-order chi connectivity index (χ1) is 10.5. The van der Waals surface area contributed by atoms with Crippen LogP contribution < -0.4 is 5.56 Å². The van der Waals surface area contributed by atoms with Crippen molar-refractivity contribution in [3.63, 3.8) is 0 Å². The van der Waals surface area contributed by atoms with Crippen molar-refractivity contribution in [2.45, 2.75) is 33.4 Å². The third-order valence-electron chi connectivity index (χ3n) is 3.59. The Kier molecular flexibility index (Phi) is 5.09. The number of hydrogen-bond acceptors (Lipinski definition) is 3. The van der Waals surface area contributed by atoms with Crippen molar-refractivity contribution in [1.82, 2.24) is 14.7 Å². The Morgan fingerprint density at radius 2 is 1.91 bits per heavy atom. The molecule has 116 valence electrons. The lowest BCUT2D eigenvalue weighted by Crippen LogP contribution is -2.39. The van der Waals surface area contributed by atoms with Crippen molar-refractivity contribution in [2.75, 3.05) is 6.54 Å². The van der Waals surface area contributed by atoms with Crippen LogP contribution in [-0.4, -0.2) is 27.1 Å². The van der Waals surface area contributed by atoms with E-state index in [1.54, 1.807) is 24.8 Å². The summed E-state index contributed by atoms with van der Waals surface area (Å²) in [6, 6.07) is 12.3. The zero-order valence-corrected chi connectivity index (χ0v) is 13.2. The van der Waals surface area contributed by atoms with Gasteiger partial charge in [-0.1, -0.05) is 30.3 Å². The van der Waals surface area contributed by atoms with Crippen LogP contribution in [0.4, 0.5) is 0 Å². The van der Waals surface area contributed by atoms with E-state index in [1.807, 2.05) is 37.3 Å². The van der Waals surface area contributed by atoms with Crippen LogP contribution in [0.2, 0.25) is 0 Å². The lowest BCUT2D eigenvalue weighted by Gasteiger charge is -2.25. The van der Waals surface area contributed by atoms with Gasteiger partial charge in [-0.3, -0.25) is 9.59 Å². The van der Waals surface area contributed by atoms with Crippen LogP contribution in [0.25, 0.3) is 0 Å². The Hall–Kier alpha value is -2.43. The Bertz CT molecular complexity index is 695. The smallest absolute Gasteiger partial charge is 0.267 e. The predicted molar refractivity (Wildman–Crippen MR) is 85.5 cm³/mol. The van der Waals surface area contributed by atoms with Gasteiger partial charge in [0.1, 0.15) is 6.04 Å². The van der Waals surface area contributed by atoms with E-state index < -0.39 is 6.04 Å². The molecule has 0 aliphatic rings. The average molecular weight is 299 g/mol. The van der Waals surface area contributed by atoms with Gasteiger partial charge in [0.05, 0.1) is 5.69 Å². The fourth-order valence-corrected chi connectivity index (χ4v) is 2.32. The molecule has 1 atom stereocenters. The molecule has 22 heavy (non-hydrogen) atoms. The SMILES string of the molecule is CCN(Cc1ccccc1)C(=O)C(C)n1nc(C)ccc1=O. The maximum atomic E-state index is 12.7. The van der Waals surface area contributed by atoms with Gasteiger partial charge in [-0.2, -0.15) is 5.10 Å². The molecule has 0 aliphatic carbocycles. The third kappa shape index (κ3) is 3.61. The second-order valence-corrected chi connectivity index (χ2v) is 5.27. The van der Waals surface area contributed by atoms with E-state index >= 15 is 0 Å². The summed E-state index contributed by atoms with van der Waals surface area (Å²) >= 11 is 0.